The van der Waals surface area contributed by atoms with Gasteiger partial charge in [0.15, 0.2) is 0 Å². The number of hydrogen-bond acceptors (Lipinski definition) is 18. The molecule has 0 N–H and O–H groups in total. The van der Waals surface area contributed by atoms with Crippen LogP contribution in [0.2, 0.25) is 0 Å². The molecule has 0 amide bonds. The van der Waals surface area contributed by atoms with Gasteiger partial charge in [-0.1, -0.05) is 364 Å². The van der Waals surface area contributed by atoms with Crippen molar-refractivity contribution in [3.8, 4) is 0 Å². The predicted octanol–water partition coefficient (Wildman–Crippen LogP) is 10.2. The average molecular weight is 1520 g/mol. The Morgan fingerprint density at radius 3 is 0.305 bits per heavy atom. The van der Waals surface area contributed by atoms with Gasteiger partial charge in [-0.05, 0) is 33.4 Å². The second-order valence-corrected chi connectivity index (χ2v) is 21.5. The molecule has 0 aromatic heterocycles. The molecular formula is C84H60Cu3N12O6. The van der Waals surface area contributed by atoms with Crippen molar-refractivity contribution in [1.29, 1.82) is 0 Å². The van der Waals surface area contributed by atoms with E-state index in [9.17, 15) is 30.6 Å². The molecule has 0 saturated heterocycles. The number of hydrogen-bond donors (Lipinski definition) is 0. The van der Waals surface area contributed by atoms with Gasteiger partial charge in [0.1, 0.15) is 34.3 Å². The van der Waals surface area contributed by atoms with Gasteiger partial charge in [-0.15, -0.1) is 30.6 Å². The van der Waals surface area contributed by atoms with Crippen molar-refractivity contribution in [2.75, 3.05) is 0 Å². The van der Waals surface area contributed by atoms with Gasteiger partial charge in [-0.25, -0.2) is 0 Å². The minimum absolute atomic E-state index is 0. The summed E-state index contributed by atoms with van der Waals surface area (Å²) in [5, 5.41) is 125. The van der Waals surface area contributed by atoms with Gasteiger partial charge in [-0.3, -0.25) is 0 Å². The molecule has 0 fully saturated rings. The first-order valence-electron chi connectivity index (χ1n) is 31.8. The number of nitrogens with zero attached hydrogens (tertiary/aromatic N) is 12. The number of rotatable bonds is 21. The Kier molecular flexibility index (Phi) is 32.5. The molecule has 12 rings (SSSR count). The summed E-state index contributed by atoms with van der Waals surface area (Å²) in [5.74, 6) is -2.92. The molecule has 0 heterocycles. The first-order valence-corrected chi connectivity index (χ1v) is 31.8. The van der Waals surface area contributed by atoms with Crippen LogP contribution in [-0.2, 0) is 51.2 Å². The van der Waals surface area contributed by atoms with Crippen LogP contribution in [0.4, 0.5) is 0 Å². The van der Waals surface area contributed by atoms with Crippen molar-refractivity contribution in [2.24, 2.45) is 61.2 Å². The Morgan fingerprint density at radius 2 is 0.210 bits per heavy atom. The summed E-state index contributed by atoms with van der Waals surface area (Å²) in [6, 6.07) is 107. The first-order chi connectivity index (χ1) is 50.2. The van der Waals surface area contributed by atoms with Crippen LogP contribution in [0.1, 0.15) is 66.8 Å². The fraction of sp³-hybridized carbons (Fsp3) is 0. The van der Waals surface area contributed by atoms with E-state index in [1.165, 1.54) is 0 Å². The van der Waals surface area contributed by atoms with Gasteiger partial charge >= 0.3 is 51.2 Å². The summed E-state index contributed by atoms with van der Waals surface area (Å²) in [7, 11) is 0. The molecule has 0 atom stereocenters. The van der Waals surface area contributed by atoms with E-state index < -0.39 is 35.4 Å². The van der Waals surface area contributed by atoms with E-state index in [0.29, 0.717) is 101 Å². The zero-order valence-electron chi connectivity index (χ0n) is 55.4. The van der Waals surface area contributed by atoms with E-state index in [-0.39, 0.29) is 51.2 Å². The monoisotopic (exact) mass is 1520 g/mol. The maximum atomic E-state index is 12.6. The smallest absolute Gasteiger partial charge is 0.857 e. The third kappa shape index (κ3) is 24.1. The molecule has 12 aromatic rings. The molecule has 0 aliphatic heterocycles. The van der Waals surface area contributed by atoms with Crippen LogP contribution in [0.15, 0.2) is 425 Å². The van der Waals surface area contributed by atoms with Crippen LogP contribution in [0.3, 0.4) is 0 Å². The van der Waals surface area contributed by atoms with Gasteiger partial charge in [0.25, 0.3) is 0 Å². The molecular weight excluding hydrogens is 1460 g/mol. The molecule has 21 heteroatoms. The van der Waals surface area contributed by atoms with Crippen molar-refractivity contribution in [2.45, 2.75) is 0 Å². The first kappa shape index (κ1) is 79.4. The summed E-state index contributed by atoms with van der Waals surface area (Å²) >= 11 is 0. The third-order valence-corrected chi connectivity index (χ3v) is 14.5. The van der Waals surface area contributed by atoms with E-state index >= 15 is 0 Å². The fourth-order valence-corrected chi connectivity index (χ4v) is 9.43. The van der Waals surface area contributed by atoms with Crippen LogP contribution in [0.5, 0.6) is 0 Å². The Bertz CT molecular complexity index is 4210. The van der Waals surface area contributed by atoms with E-state index in [1.807, 2.05) is 218 Å². The summed E-state index contributed by atoms with van der Waals surface area (Å²) in [6.45, 7) is 0. The van der Waals surface area contributed by atoms with Gasteiger partial charge in [-0.2, -0.15) is 30.6 Å². The Morgan fingerprint density at radius 1 is 0.124 bits per heavy atom. The zero-order valence-corrected chi connectivity index (χ0v) is 58.2. The minimum Gasteiger partial charge on any atom is -0.857 e. The van der Waals surface area contributed by atoms with Crippen LogP contribution in [-0.4, -0.2) is 69.7 Å². The number of benzene rings is 12. The normalized spacial score (nSPS) is 12.7. The Labute approximate surface area is 639 Å². The van der Waals surface area contributed by atoms with E-state index in [1.54, 1.807) is 146 Å². The van der Waals surface area contributed by atoms with Crippen LogP contribution >= 0.6 is 0 Å². The maximum Gasteiger partial charge on any atom is 2.00 e. The van der Waals surface area contributed by atoms with Crippen LogP contribution in [0, 0.1) is 0 Å². The molecule has 525 valence electrons. The Balaban J connectivity index is 0.000000217. The summed E-state index contributed by atoms with van der Waals surface area (Å²) in [6.07, 6.45) is 0. The quantitative estimate of drug-likeness (QED) is 0.0291. The Hall–Kier alpha value is -13.0. The van der Waals surface area contributed by atoms with Crippen molar-refractivity contribution >= 4 is 69.7 Å². The summed E-state index contributed by atoms with van der Waals surface area (Å²) < 4.78 is 0. The molecule has 0 saturated carbocycles. The summed E-state index contributed by atoms with van der Waals surface area (Å²) in [4.78, 5) is 0. The van der Waals surface area contributed by atoms with Crippen LogP contribution < -0.4 is 30.6 Å². The molecule has 0 unspecified atom stereocenters. The fourth-order valence-electron chi connectivity index (χ4n) is 9.43. The molecule has 18 nitrogen and oxygen atoms in total. The molecule has 0 spiro atoms. The largest absolute Gasteiger partial charge is 2.00 e. The summed E-state index contributed by atoms with van der Waals surface area (Å²) in [5.41, 5.74) is 8.49. The maximum absolute atomic E-state index is 12.6. The topological polar surface area (TPSA) is 287 Å². The molecule has 3 radical (unpaired) electrons. The van der Waals surface area contributed by atoms with Crippen molar-refractivity contribution in [3.63, 3.8) is 0 Å². The molecule has 0 aliphatic carbocycles. The van der Waals surface area contributed by atoms with Gasteiger partial charge in [0.05, 0.1) is 0 Å². The SMILES string of the molecule is [Cu+2].[Cu+2].[Cu+2].[O-]\C(=N/N=C(\C(=N\N=C(/[O-])c1ccccc1)c1ccccc1)c1ccccc1)c1ccccc1.[O-]\C(=N/N=C(\C(=N\N=C(/[O-])c1ccccc1)c1ccccc1)c1ccccc1)c1ccccc1.[O-]\C(=N/N=C(\C(=N\N=C(/[O-])c1ccccc1)c1ccccc1)c1ccccc1)c1ccccc1. The second kappa shape index (κ2) is 43.0. The van der Waals surface area contributed by atoms with Crippen LogP contribution in [0.25, 0.3) is 0 Å². The third-order valence-electron chi connectivity index (χ3n) is 14.5. The van der Waals surface area contributed by atoms with E-state index in [0.717, 1.165) is 0 Å². The van der Waals surface area contributed by atoms with Gasteiger partial charge in [0, 0.05) is 68.8 Å². The van der Waals surface area contributed by atoms with E-state index in [2.05, 4.69) is 61.2 Å². The van der Waals surface area contributed by atoms with E-state index in [4.69, 9.17) is 0 Å². The zero-order chi connectivity index (χ0) is 70.8. The second-order valence-electron chi connectivity index (χ2n) is 21.5. The molecule has 0 aliphatic rings. The van der Waals surface area contributed by atoms with Crippen molar-refractivity contribution in [3.05, 3.63) is 431 Å². The minimum atomic E-state index is -0.487. The van der Waals surface area contributed by atoms with Crippen molar-refractivity contribution in [1.82, 2.24) is 0 Å². The standard InChI is InChI=1S/3C28H22N4O2.3Cu/c3*33-27(23-17-9-3-10-18-23)31-29-25(21-13-5-1-6-14-21)26(22-15-7-2-8-16-22)30-32-28(34)24-19-11-4-12-20-24;;;/h3*1-20H,(H,31,33)(H,32,34);;;/q;;;3*+2/p-6/b3*29-25-,30-26+;;;. The molecule has 0 bridgehead atoms. The molecule has 12 aromatic carbocycles. The van der Waals surface area contributed by atoms with Crippen molar-refractivity contribution < 1.29 is 81.8 Å². The molecule has 105 heavy (non-hydrogen) atoms. The van der Waals surface area contributed by atoms with Gasteiger partial charge < -0.3 is 30.6 Å². The van der Waals surface area contributed by atoms with Gasteiger partial charge in [0.2, 0.25) is 0 Å². The predicted molar refractivity (Wildman–Crippen MR) is 396 cm³/mol. The average Bonchev–Trinajstić information content (AvgIpc) is 0.836.